The largest absolute Gasteiger partial charge is 0.480 e. The first kappa shape index (κ1) is 24.3. The van der Waals surface area contributed by atoms with E-state index in [-0.39, 0.29) is 40.3 Å². The summed E-state index contributed by atoms with van der Waals surface area (Å²) in [5.41, 5.74) is -0.464. The van der Waals surface area contributed by atoms with Gasteiger partial charge in [-0.3, -0.25) is 14.7 Å². The van der Waals surface area contributed by atoms with Crippen LogP contribution >= 0.6 is 11.6 Å². The van der Waals surface area contributed by atoms with E-state index in [1.807, 2.05) is 0 Å². The smallest absolute Gasteiger partial charge is 0.425 e. The fourth-order valence-electron chi connectivity index (χ4n) is 3.13. The van der Waals surface area contributed by atoms with Gasteiger partial charge in [-0.05, 0) is 38.1 Å². The maximum absolute atomic E-state index is 15.1. The van der Waals surface area contributed by atoms with E-state index in [4.69, 9.17) is 21.1 Å². The van der Waals surface area contributed by atoms with Gasteiger partial charge in [-0.2, -0.15) is 18.3 Å². The zero-order valence-corrected chi connectivity index (χ0v) is 18.8. The molecular formula is C21H16ClF4N5O4. The van der Waals surface area contributed by atoms with Crippen molar-refractivity contribution in [2.45, 2.75) is 26.1 Å². The third kappa shape index (κ3) is 4.99. The molecule has 0 saturated heterocycles. The molecule has 0 bridgehead atoms. The van der Waals surface area contributed by atoms with Crippen LogP contribution in [0.4, 0.5) is 29.1 Å². The highest BCUT2D eigenvalue weighted by atomic mass is 35.5. The topological polar surface area (TPSA) is 118 Å². The first-order valence-corrected chi connectivity index (χ1v) is 10.3. The lowest BCUT2D eigenvalue weighted by Crippen LogP contribution is -2.32. The van der Waals surface area contributed by atoms with Gasteiger partial charge in [0.1, 0.15) is 22.4 Å². The number of rotatable bonds is 5. The van der Waals surface area contributed by atoms with Crippen molar-refractivity contribution >= 4 is 34.9 Å². The number of fused-ring (bicyclic) bond motifs is 1. The molecule has 0 aliphatic carbocycles. The third-order valence-electron chi connectivity index (χ3n) is 4.97. The number of ether oxygens (including phenoxy) is 2. The van der Waals surface area contributed by atoms with E-state index < -0.39 is 41.2 Å². The number of hydrogen-bond acceptors (Lipinski definition) is 6. The molecule has 1 atom stereocenters. The lowest BCUT2D eigenvalue weighted by Gasteiger charge is -2.21. The number of carbonyl (C=O) groups excluding carboxylic acids is 2. The number of H-pyrrole nitrogens is 1. The summed E-state index contributed by atoms with van der Waals surface area (Å²) in [6.45, 7) is 2.04. The molecule has 35 heavy (non-hydrogen) atoms. The van der Waals surface area contributed by atoms with Gasteiger partial charge in [0, 0.05) is 5.56 Å². The molecule has 2 aromatic heterocycles. The maximum Gasteiger partial charge on any atom is 0.425 e. The normalized spacial score (nSPS) is 14.0. The number of amides is 2. The predicted octanol–water partition coefficient (Wildman–Crippen LogP) is 4.49. The summed E-state index contributed by atoms with van der Waals surface area (Å²) in [7, 11) is 0. The standard InChI is InChI=1S/C21H16ClF4N5O4/c1-8-17(18(22)31-30-8)29-20(33)11-5-12(23)10(6-15(11)35-9(2)21(24,25)26)13-3-4-14-19(27-13)28-16(32)7-34-14/h3-6,9H,7H2,1-2H3,(H,29,33)(H,30,31)(H,27,28,32). The van der Waals surface area contributed by atoms with E-state index in [1.54, 1.807) is 0 Å². The molecule has 0 radical (unpaired) electrons. The number of hydrogen-bond donors (Lipinski definition) is 3. The Morgan fingerprint density at radius 2 is 2.06 bits per heavy atom. The Morgan fingerprint density at radius 1 is 1.31 bits per heavy atom. The van der Waals surface area contributed by atoms with Crippen molar-refractivity contribution in [2.75, 3.05) is 17.2 Å². The van der Waals surface area contributed by atoms with Gasteiger partial charge in [0.2, 0.25) is 0 Å². The number of aryl methyl sites for hydroxylation is 1. The first-order valence-electron chi connectivity index (χ1n) is 9.97. The Balaban J connectivity index is 1.77. The molecule has 1 aliphatic rings. The Kier molecular flexibility index (Phi) is 6.28. The molecule has 1 unspecified atom stereocenters. The minimum atomic E-state index is -4.77. The highest BCUT2D eigenvalue weighted by Crippen LogP contribution is 2.36. The predicted molar refractivity (Wildman–Crippen MR) is 116 cm³/mol. The van der Waals surface area contributed by atoms with E-state index in [0.717, 1.165) is 19.1 Å². The molecule has 14 heteroatoms. The molecule has 184 valence electrons. The van der Waals surface area contributed by atoms with Crippen LogP contribution in [0.1, 0.15) is 23.0 Å². The van der Waals surface area contributed by atoms with Crippen LogP contribution in [-0.4, -0.2) is 45.9 Å². The fraction of sp³-hybridized carbons (Fsp3) is 0.238. The van der Waals surface area contributed by atoms with E-state index in [9.17, 15) is 22.8 Å². The molecule has 9 nitrogen and oxygen atoms in total. The van der Waals surface area contributed by atoms with Crippen molar-refractivity contribution in [1.29, 1.82) is 0 Å². The van der Waals surface area contributed by atoms with Gasteiger partial charge in [-0.15, -0.1) is 0 Å². The number of carbonyl (C=O) groups is 2. The van der Waals surface area contributed by atoms with Crippen LogP contribution in [-0.2, 0) is 4.79 Å². The van der Waals surface area contributed by atoms with E-state index in [0.29, 0.717) is 5.69 Å². The second-order valence-electron chi connectivity index (χ2n) is 7.46. The van der Waals surface area contributed by atoms with Gasteiger partial charge < -0.3 is 20.1 Å². The minimum Gasteiger partial charge on any atom is -0.480 e. The lowest BCUT2D eigenvalue weighted by molar-refractivity contribution is -0.189. The second-order valence-corrected chi connectivity index (χ2v) is 7.84. The van der Waals surface area contributed by atoms with Crippen LogP contribution in [0, 0.1) is 12.7 Å². The van der Waals surface area contributed by atoms with Gasteiger partial charge in [0.05, 0.1) is 17.0 Å². The van der Waals surface area contributed by atoms with Crippen molar-refractivity contribution in [3.63, 3.8) is 0 Å². The van der Waals surface area contributed by atoms with Crippen molar-refractivity contribution < 1.29 is 36.6 Å². The Labute approximate surface area is 199 Å². The van der Waals surface area contributed by atoms with Crippen LogP contribution in [0.5, 0.6) is 11.5 Å². The summed E-state index contributed by atoms with van der Waals surface area (Å²) in [6.07, 6.45) is -7.09. The van der Waals surface area contributed by atoms with Gasteiger partial charge >= 0.3 is 6.18 Å². The van der Waals surface area contributed by atoms with Crippen molar-refractivity contribution in [3.05, 3.63) is 46.5 Å². The highest BCUT2D eigenvalue weighted by Gasteiger charge is 2.39. The average molecular weight is 514 g/mol. The Morgan fingerprint density at radius 3 is 2.71 bits per heavy atom. The van der Waals surface area contributed by atoms with Crippen molar-refractivity contribution in [2.24, 2.45) is 0 Å². The van der Waals surface area contributed by atoms with Crippen LogP contribution < -0.4 is 20.1 Å². The molecule has 1 aliphatic heterocycles. The van der Waals surface area contributed by atoms with E-state index in [1.165, 1.54) is 19.1 Å². The lowest BCUT2D eigenvalue weighted by atomic mass is 10.0. The summed E-state index contributed by atoms with van der Waals surface area (Å²) >= 11 is 5.93. The van der Waals surface area contributed by atoms with Gasteiger partial charge in [0.25, 0.3) is 11.8 Å². The average Bonchev–Trinajstić information content (AvgIpc) is 3.10. The number of aromatic nitrogens is 3. The number of benzene rings is 1. The number of anilines is 2. The summed E-state index contributed by atoms with van der Waals surface area (Å²) in [6, 6.07) is 4.42. The van der Waals surface area contributed by atoms with Crippen LogP contribution in [0.3, 0.4) is 0 Å². The molecule has 3 heterocycles. The highest BCUT2D eigenvalue weighted by molar-refractivity contribution is 6.33. The summed E-state index contributed by atoms with van der Waals surface area (Å²) < 4.78 is 65.0. The Hall–Kier alpha value is -3.87. The van der Waals surface area contributed by atoms with E-state index >= 15 is 4.39 Å². The molecule has 0 spiro atoms. The first-order chi connectivity index (χ1) is 16.4. The quantitative estimate of drug-likeness (QED) is 0.433. The number of nitrogens with one attached hydrogen (secondary N) is 3. The molecule has 3 N–H and O–H groups in total. The monoisotopic (exact) mass is 513 g/mol. The Bertz CT molecular complexity index is 1310. The summed E-state index contributed by atoms with van der Waals surface area (Å²) in [5.74, 6) is -2.75. The minimum absolute atomic E-state index is 0.0103. The SMILES string of the molecule is Cc1n[nH]c(Cl)c1NC(=O)c1cc(F)c(-c2ccc3c(n2)NC(=O)CO3)cc1OC(C)C(F)(F)F. The van der Waals surface area contributed by atoms with Gasteiger partial charge in [-0.25, -0.2) is 9.37 Å². The number of pyridine rings is 1. The van der Waals surface area contributed by atoms with Gasteiger partial charge in [-0.1, -0.05) is 11.6 Å². The fourth-order valence-corrected chi connectivity index (χ4v) is 3.35. The van der Waals surface area contributed by atoms with Crippen LogP contribution in [0.2, 0.25) is 5.15 Å². The van der Waals surface area contributed by atoms with Crippen LogP contribution in [0.15, 0.2) is 24.3 Å². The zero-order chi connectivity index (χ0) is 25.5. The third-order valence-corrected chi connectivity index (χ3v) is 5.24. The molecule has 2 amide bonds. The molecule has 3 aromatic rings. The number of nitrogens with zero attached hydrogens (tertiary/aromatic N) is 2. The summed E-state index contributed by atoms with van der Waals surface area (Å²) in [5, 5.41) is 11.1. The number of aromatic amines is 1. The van der Waals surface area contributed by atoms with Crippen LogP contribution in [0.25, 0.3) is 11.3 Å². The molecular weight excluding hydrogens is 498 g/mol. The molecule has 4 rings (SSSR count). The molecule has 1 aromatic carbocycles. The second kappa shape index (κ2) is 9.06. The zero-order valence-electron chi connectivity index (χ0n) is 18.0. The van der Waals surface area contributed by atoms with Crippen molar-refractivity contribution in [3.8, 4) is 22.8 Å². The number of alkyl halides is 3. The van der Waals surface area contributed by atoms with Gasteiger partial charge in [0.15, 0.2) is 24.3 Å². The molecule has 0 saturated carbocycles. The maximum atomic E-state index is 15.1. The summed E-state index contributed by atoms with van der Waals surface area (Å²) in [4.78, 5) is 28.6. The molecule has 0 fully saturated rings. The number of halogens is 5. The van der Waals surface area contributed by atoms with E-state index in [2.05, 4.69) is 25.8 Å². The van der Waals surface area contributed by atoms with Crippen molar-refractivity contribution in [1.82, 2.24) is 15.2 Å².